The first-order valence-electron chi connectivity index (χ1n) is 8.65. The van der Waals surface area contributed by atoms with Gasteiger partial charge in [-0.1, -0.05) is 15.9 Å². The summed E-state index contributed by atoms with van der Waals surface area (Å²) in [5, 5.41) is 0. The second-order valence-corrected chi connectivity index (χ2v) is 7.24. The summed E-state index contributed by atoms with van der Waals surface area (Å²) >= 11 is 3.28. The van der Waals surface area contributed by atoms with E-state index in [1.54, 1.807) is 25.2 Å². The van der Waals surface area contributed by atoms with Gasteiger partial charge in [0.25, 0.3) is 11.8 Å². The average Bonchev–Trinajstić information content (AvgIpc) is 2.91. The molecule has 0 unspecified atom stereocenters. The van der Waals surface area contributed by atoms with Gasteiger partial charge in [0.15, 0.2) is 0 Å². The van der Waals surface area contributed by atoms with Crippen LogP contribution in [-0.4, -0.2) is 54.3 Å². The Labute approximate surface area is 170 Å². The molecule has 1 aliphatic rings. The van der Waals surface area contributed by atoms with Crippen LogP contribution in [0.25, 0.3) is 0 Å². The van der Waals surface area contributed by atoms with Crippen LogP contribution in [0, 0.1) is 5.82 Å². The molecule has 0 saturated heterocycles. The van der Waals surface area contributed by atoms with Crippen molar-refractivity contribution in [2.45, 2.75) is 6.42 Å². The lowest BCUT2D eigenvalue weighted by molar-refractivity contribution is -0.130. The van der Waals surface area contributed by atoms with Gasteiger partial charge in [-0.25, -0.2) is 4.39 Å². The molecular formula is C20H18BrFN2O4. The Balaban J connectivity index is 1.48. The van der Waals surface area contributed by atoms with E-state index in [4.69, 9.17) is 4.74 Å². The minimum Gasteiger partial charge on any atom is -0.492 e. The van der Waals surface area contributed by atoms with E-state index >= 15 is 0 Å². The van der Waals surface area contributed by atoms with Crippen LogP contribution in [0.4, 0.5) is 4.39 Å². The van der Waals surface area contributed by atoms with E-state index in [1.807, 2.05) is 0 Å². The van der Waals surface area contributed by atoms with E-state index < -0.39 is 5.91 Å². The molecule has 8 heteroatoms. The fourth-order valence-corrected chi connectivity index (χ4v) is 3.18. The highest BCUT2D eigenvalue weighted by atomic mass is 79.9. The molecule has 0 fully saturated rings. The monoisotopic (exact) mass is 448 g/mol. The van der Waals surface area contributed by atoms with Crippen LogP contribution in [0.15, 0.2) is 46.9 Å². The number of benzene rings is 2. The number of amides is 3. The average molecular weight is 449 g/mol. The first-order chi connectivity index (χ1) is 13.4. The van der Waals surface area contributed by atoms with Crippen molar-refractivity contribution in [3.8, 4) is 5.75 Å². The summed E-state index contributed by atoms with van der Waals surface area (Å²) in [6.45, 7) is 0.589. The van der Waals surface area contributed by atoms with Crippen LogP contribution in [-0.2, 0) is 4.79 Å². The second kappa shape index (κ2) is 8.52. The molecule has 0 spiro atoms. The Hall–Kier alpha value is -2.74. The zero-order chi connectivity index (χ0) is 20.3. The number of ether oxygens (including phenoxy) is 1. The number of rotatable bonds is 7. The Morgan fingerprint density at radius 1 is 1.11 bits per heavy atom. The number of carbonyl (C=O) groups excluding carboxylic acids is 3. The van der Waals surface area contributed by atoms with Crippen LogP contribution in [0.5, 0.6) is 5.75 Å². The molecule has 0 bridgehead atoms. The number of hydrogen-bond donors (Lipinski definition) is 0. The minimum absolute atomic E-state index is 0.0198. The smallest absolute Gasteiger partial charge is 0.261 e. The van der Waals surface area contributed by atoms with Gasteiger partial charge in [0.1, 0.15) is 18.2 Å². The Morgan fingerprint density at radius 2 is 1.79 bits per heavy atom. The fourth-order valence-electron chi connectivity index (χ4n) is 2.82. The summed E-state index contributed by atoms with van der Waals surface area (Å²) in [5.74, 6) is -0.820. The highest BCUT2D eigenvalue weighted by molar-refractivity contribution is 9.10. The number of likely N-dealkylation sites (N-methyl/N-ethyl adjacent to an activating group) is 1. The Kier molecular flexibility index (Phi) is 6.08. The van der Waals surface area contributed by atoms with E-state index in [-0.39, 0.29) is 37.2 Å². The van der Waals surface area contributed by atoms with Crippen molar-refractivity contribution >= 4 is 33.7 Å². The summed E-state index contributed by atoms with van der Waals surface area (Å²) < 4.78 is 19.0. The Bertz CT molecular complexity index is 917. The summed E-state index contributed by atoms with van der Waals surface area (Å²) in [6, 6.07) is 10.5. The van der Waals surface area contributed by atoms with Crippen molar-refractivity contribution < 1.29 is 23.5 Å². The fraction of sp³-hybridized carbons (Fsp3) is 0.250. The number of fused-ring (bicyclic) bond motifs is 1. The van der Waals surface area contributed by atoms with E-state index in [0.717, 1.165) is 4.90 Å². The molecule has 1 aliphatic heterocycles. The first kappa shape index (κ1) is 20.0. The lowest BCUT2D eigenvalue weighted by Crippen LogP contribution is -2.36. The molecule has 0 aromatic heterocycles. The molecule has 28 heavy (non-hydrogen) atoms. The second-order valence-electron chi connectivity index (χ2n) is 6.32. The van der Waals surface area contributed by atoms with Gasteiger partial charge < -0.3 is 9.64 Å². The molecule has 146 valence electrons. The van der Waals surface area contributed by atoms with Gasteiger partial charge in [-0.3, -0.25) is 19.3 Å². The molecule has 1 heterocycles. The maximum Gasteiger partial charge on any atom is 0.261 e. The summed E-state index contributed by atoms with van der Waals surface area (Å²) in [7, 11) is 1.62. The maximum atomic E-state index is 12.9. The van der Waals surface area contributed by atoms with Crippen LogP contribution < -0.4 is 4.74 Å². The molecule has 2 aromatic rings. The van der Waals surface area contributed by atoms with Crippen molar-refractivity contribution in [3.05, 3.63) is 63.9 Å². The highest BCUT2D eigenvalue weighted by Crippen LogP contribution is 2.26. The number of hydrogen-bond acceptors (Lipinski definition) is 4. The molecule has 0 aliphatic carbocycles. The largest absolute Gasteiger partial charge is 0.492 e. The molecular weight excluding hydrogens is 431 g/mol. The molecule has 6 nitrogen and oxygen atoms in total. The number of carbonyl (C=O) groups is 3. The lowest BCUT2D eigenvalue weighted by Gasteiger charge is -2.19. The first-order valence-corrected chi connectivity index (χ1v) is 9.44. The van der Waals surface area contributed by atoms with E-state index in [1.165, 1.54) is 29.2 Å². The predicted octanol–water partition coefficient (Wildman–Crippen LogP) is 3.11. The molecule has 0 radical (unpaired) electrons. The topological polar surface area (TPSA) is 66.9 Å². The third-order valence-electron chi connectivity index (χ3n) is 4.42. The Morgan fingerprint density at radius 3 is 2.50 bits per heavy atom. The van der Waals surface area contributed by atoms with Gasteiger partial charge in [0.05, 0.1) is 17.7 Å². The van der Waals surface area contributed by atoms with Crippen molar-refractivity contribution in [3.63, 3.8) is 0 Å². The maximum absolute atomic E-state index is 12.9. The normalized spacial score (nSPS) is 12.9. The van der Waals surface area contributed by atoms with E-state index in [2.05, 4.69) is 15.9 Å². The molecule has 0 atom stereocenters. The van der Waals surface area contributed by atoms with Crippen molar-refractivity contribution in [1.82, 2.24) is 9.80 Å². The van der Waals surface area contributed by atoms with Crippen LogP contribution in [0.2, 0.25) is 0 Å². The van der Waals surface area contributed by atoms with Crippen molar-refractivity contribution in [2.75, 3.05) is 26.7 Å². The van der Waals surface area contributed by atoms with Gasteiger partial charge in [0.2, 0.25) is 5.91 Å². The zero-order valence-electron chi connectivity index (χ0n) is 15.2. The number of imide groups is 1. The van der Waals surface area contributed by atoms with Gasteiger partial charge in [-0.15, -0.1) is 0 Å². The minimum atomic E-state index is -0.392. The predicted molar refractivity (Wildman–Crippen MR) is 104 cm³/mol. The molecule has 0 saturated carbocycles. The van der Waals surface area contributed by atoms with Crippen LogP contribution >= 0.6 is 15.9 Å². The third-order valence-corrected chi connectivity index (χ3v) is 4.91. The van der Waals surface area contributed by atoms with Crippen LogP contribution in [0.1, 0.15) is 27.1 Å². The summed E-state index contributed by atoms with van der Waals surface area (Å²) in [5.41, 5.74) is 0.689. The van der Waals surface area contributed by atoms with Gasteiger partial charge in [-0.05, 0) is 42.5 Å². The third kappa shape index (κ3) is 4.39. The molecule has 2 aromatic carbocycles. The summed E-state index contributed by atoms with van der Waals surface area (Å²) in [6.07, 6.45) is 0.0275. The van der Waals surface area contributed by atoms with Crippen molar-refractivity contribution in [1.29, 1.82) is 0 Å². The zero-order valence-corrected chi connectivity index (χ0v) is 16.7. The lowest BCUT2D eigenvalue weighted by atomic mass is 10.1. The number of nitrogens with zero attached hydrogens (tertiary/aromatic N) is 2. The van der Waals surface area contributed by atoms with Crippen LogP contribution in [0.3, 0.4) is 0 Å². The van der Waals surface area contributed by atoms with Gasteiger partial charge in [-0.2, -0.15) is 0 Å². The molecule has 0 N–H and O–H groups in total. The molecule has 3 amide bonds. The van der Waals surface area contributed by atoms with E-state index in [0.29, 0.717) is 27.9 Å². The van der Waals surface area contributed by atoms with E-state index in [9.17, 15) is 18.8 Å². The van der Waals surface area contributed by atoms with Gasteiger partial charge >= 0.3 is 0 Å². The van der Waals surface area contributed by atoms with Gasteiger partial charge in [0, 0.05) is 24.5 Å². The standard InChI is InChI=1S/C20H18BrFN2O4/c1-23(10-11-28-15-5-3-14(22)4-6-15)18(25)8-9-24-19(26)16-7-2-13(21)12-17(16)20(24)27/h2-7,12H,8-11H2,1H3. The SMILES string of the molecule is CN(CCOc1ccc(F)cc1)C(=O)CCN1C(=O)c2ccc(Br)cc2C1=O. The molecule has 3 rings (SSSR count). The highest BCUT2D eigenvalue weighted by Gasteiger charge is 2.35. The van der Waals surface area contributed by atoms with Crippen molar-refractivity contribution in [2.24, 2.45) is 0 Å². The quantitative estimate of drug-likeness (QED) is 0.610. The summed E-state index contributed by atoms with van der Waals surface area (Å²) in [4.78, 5) is 39.6. The number of halogens is 2.